The molecule has 0 atom stereocenters. The van der Waals surface area contributed by atoms with Gasteiger partial charge in [0.2, 0.25) is 5.91 Å². The van der Waals surface area contributed by atoms with Crippen LogP contribution in [0.5, 0.6) is 0 Å². The molecule has 2 aromatic carbocycles. The number of halogens is 1. The van der Waals surface area contributed by atoms with Crippen LogP contribution in [0.1, 0.15) is 11.1 Å². The maximum atomic E-state index is 13.1. The van der Waals surface area contributed by atoms with Crippen LogP contribution >= 0.6 is 23.7 Å². The lowest BCUT2D eigenvalue weighted by atomic mass is 10.1. The van der Waals surface area contributed by atoms with Crippen molar-refractivity contribution >= 4 is 54.8 Å². The Balaban J connectivity index is 0.00000320. The van der Waals surface area contributed by atoms with E-state index in [4.69, 9.17) is 0 Å². The Labute approximate surface area is 187 Å². The normalized spacial score (nSPS) is 11.5. The van der Waals surface area contributed by atoms with Gasteiger partial charge >= 0.3 is 0 Å². The summed E-state index contributed by atoms with van der Waals surface area (Å²) in [6.07, 6.45) is 0. The lowest BCUT2D eigenvalue weighted by molar-refractivity contribution is -0.116. The minimum Gasteiger partial charge on any atom is -0.308 e. The minimum atomic E-state index is -3.72. The molecule has 0 radical (unpaired) electrons. The van der Waals surface area contributed by atoms with E-state index in [9.17, 15) is 13.2 Å². The molecule has 1 aromatic heterocycles. The minimum absolute atomic E-state index is 0. The first-order valence-electron chi connectivity index (χ1n) is 9.28. The number of sulfone groups is 1. The summed E-state index contributed by atoms with van der Waals surface area (Å²) in [5, 5.41) is 0.531. The SMILES string of the molecule is Cc1cc(C)c2sc(N(CCN(C)C)C(=O)CS(=O)(=O)c3ccccc3)nc2c1.Cl. The number of aromatic nitrogens is 1. The highest BCUT2D eigenvalue weighted by Gasteiger charge is 2.26. The van der Waals surface area contributed by atoms with Gasteiger partial charge in [-0.1, -0.05) is 35.6 Å². The summed E-state index contributed by atoms with van der Waals surface area (Å²) >= 11 is 1.42. The summed E-state index contributed by atoms with van der Waals surface area (Å²) in [4.78, 5) is 21.3. The number of nitrogens with zero attached hydrogens (tertiary/aromatic N) is 3. The van der Waals surface area contributed by atoms with Crippen LogP contribution in [-0.2, 0) is 14.6 Å². The molecule has 9 heteroatoms. The van der Waals surface area contributed by atoms with Crippen molar-refractivity contribution in [3.63, 3.8) is 0 Å². The van der Waals surface area contributed by atoms with Gasteiger partial charge in [-0.05, 0) is 57.3 Å². The molecule has 6 nitrogen and oxygen atoms in total. The van der Waals surface area contributed by atoms with E-state index in [2.05, 4.69) is 11.1 Å². The molecule has 0 saturated heterocycles. The highest BCUT2D eigenvalue weighted by molar-refractivity contribution is 7.92. The van der Waals surface area contributed by atoms with Crippen LogP contribution in [0, 0.1) is 13.8 Å². The second-order valence-corrected chi connectivity index (χ2v) is 10.3. The first-order chi connectivity index (χ1) is 13.7. The number of carbonyl (C=O) groups excluding carboxylic acids is 1. The zero-order valence-electron chi connectivity index (χ0n) is 17.5. The summed E-state index contributed by atoms with van der Waals surface area (Å²) in [6.45, 7) is 5.00. The van der Waals surface area contributed by atoms with Crippen molar-refractivity contribution in [3.05, 3.63) is 53.6 Å². The molecule has 0 aliphatic heterocycles. The van der Waals surface area contributed by atoms with Gasteiger partial charge in [-0.15, -0.1) is 12.4 Å². The van der Waals surface area contributed by atoms with E-state index in [0.29, 0.717) is 18.2 Å². The topological polar surface area (TPSA) is 70.6 Å². The highest BCUT2D eigenvalue weighted by Crippen LogP contribution is 2.32. The molecule has 0 spiro atoms. The number of amides is 1. The Morgan fingerprint density at radius 1 is 1.07 bits per heavy atom. The first-order valence-corrected chi connectivity index (χ1v) is 11.7. The van der Waals surface area contributed by atoms with Crippen LogP contribution in [0.4, 0.5) is 5.13 Å². The molecule has 1 amide bonds. The summed E-state index contributed by atoms with van der Waals surface area (Å²) in [7, 11) is 0.0999. The number of hydrogen-bond donors (Lipinski definition) is 0. The molecule has 0 unspecified atom stereocenters. The Kier molecular flexibility index (Phi) is 7.99. The fourth-order valence-corrected chi connectivity index (χ4v) is 5.34. The smallest absolute Gasteiger partial charge is 0.244 e. The standard InChI is InChI=1S/C21H25N3O3S2.ClH/c1-15-12-16(2)20-18(13-15)22-21(28-20)24(11-10-23(3)4)19(25)14-29(26,27)17-8-6-5-7-9-17;/h5-9,12-13H,10-11,14H2,1-4H3;1H. The molecule has 0 aliphatic rings. The van der Waals surface area contributed by atoms with Crippen LogP contribution in [0.3, 0.4) is 0 Å². The maximum Gasteiger partial charge on any atom is 0.244 e. The third-order valence-corrected chi connectivity index (χ3v) is 7.37. The van der Waals surface area contributed by atoms with Crippen LogP contribution in [0.15, 0.2) is 47.4 Å². The van der Waals surface area contributed by atoms with Gasteiger partial charge in [-0.2, -0.15) is 0 Å². The largest absolute Gasteiger partial charge is 0.308 e. The lowest BCUT2D eigenvalue weighted by Gasteiger charge is -2.22. The molecule has 30 heavy (non-hydrogen) atoms. The van der Waals surface area contributed by atoms with Gasteiger partial charge < -0.3 is 4.90 Å². The van der Waals surface area contributed by atoms with E-state index in [0.717, 1.165) is 21.3 Å². The van der Waals surface area contributed by atoms with E-state index in [-0.39, 0.29) is 17.3 Å². The van der Waals surface area contributed by atoms with Crippen LogP contribution in [0.25, 0.3) is 10.2 Å². The molecule has 3 rings (SSSR count). The third-order valence-electron chi connectivity index (χ3n) is 4.53. The maximum absolute atomic E-state index is 13.1. The number of thiazole rings is 1. The summed E-state index contributed by atoms with van der Waals surface area (Å²) < 4.78 is 26.4. The number of aryl methyl sites for hydroxylation is 2. The monoisotopic (exact) mass is 467 g/mol. The van der Waals surface area contributed by atoms with E-state index >= 15 is 0 Å². The van der Waals surface area contributed by atoms with Crippen molar-refractivity contribution < 1.29 is 13.2 Å². The quantitative estimate of drug-likeness (QED) is 0.529. The van der Waals surface area contributed by atoms with Crippen LogP contribution < -0.4 is 4.90 Å². The van der Waals surface area contributed by atoms with E-state index in [1.54, 1.807) is 18.2 Å². The molecule has 0 fully saturated rings. The van der Waals surface area contributed by atoms with Crippen molar-refractivity contribution in [2.45, 2.75) is 18.7 Å². The number of benzene rings is 2. The van der Waals surface area contributed by atoms with E-state index in [1.165, 1.54) is 28.4 Å². The first kappa shape index (κ1) is 24.3. The number of fused-ring (bicyclic) bond motifs is 1. The third kappa shape index (κ3) is 5.57. The fourth-order valence-electron chi connectivity index (χ4n) is 3.06. The van der Waals surface area contributed by atoms with E-state index in [1.807, 2.05) is 38.9 Å². The van der Waals surface area contributed by atoms with Crippen molar-refractivity contribution in [2.75, 3.05) is 37.8 Å². The van der Waals surface area contributed by atoms with Crippen molar-refractivity contribution in [2.24, 2.45) is 0 Å². The van der Waals surface area contributed by atoms with Crippen molar-refractivity contribution in [3.8, 4) is 0 Å². The van der Waals surface area contributed by atoms with Gasteiger partial charge in [0.15, 0.2) is 15.0 Å². The van der Waals surface area contributed by atoms with Crippen LogP contribution in [0.2, 0.25) is 0 Å². The second kappa shape index (κ2) is 9.87. The van der Waals surface area contributed by atoms with Gasteiger partial charge in [-0.3, -0.25) is 9.69 Å². The number of likely N-dealkylation sites (N-methyl/N-ethyl adjacent to an activating group) is 1. The van der Waals surface area contributed by atoms with Crippen molar-refractivity contribution in [1.82, 2.24) is 9.88 Å². The summed E-state index contributed by atoms with van der Waals surface area (Å²) in [5.41, 5.74) is 3.03. The molecule has 162 valence electrons. The van der Waals surface area contributed by atoms with Gasteiger partial charge in [0.1, 0.15) is 5.75 Å². The fraction of sp³-hybridized carbons (Fsp3) is 0.333. The van der Waals surface area contributed by atoms with Gasteiger partial charge in [-0.25, -0.2) is 13.4 Å². The van der Waals surface area contributed by atoms with Gasteiger partial charge in [0.25, 0.3) is 0 Å². The molecular weight excluding hydrogens is 442 g/mol. The Morgan fingerprint density at radius 2 is 1.73 bits per heavy atom. The highest BCUT2D eigenvalue weighted by atomic mass is 35.5. The van der Waals surface area contributed by atoms with Gasteiger partial charge in [0.05, 0.1) is 15.1 Å². The molecule has 0 saturated carbocycles. The predicted octanol–water partition coefficient (Wildman–Crippen LogP) is 3.70. The van der Waals surface area contributed by atoms with Crippen LogP contribution in [-0.4, -0.2) is 57.1 Å². The zero-order chi connectivity index (χ0) is 21.2. The van der Waals surface area contributed by atoms with Gasteiger partial charge in [0, 0.05) is 13.1 Å². The Hall–Kier alpha value is -2.00. The Morgan fingerprint density at radius 3 is 2.37 bits per heavy atom. The Bertz CT molecular complexity index is 1130. The average Bonchev–Trinajstić information content (AvgIpc) is 3.06. The number of carbonyl (C=O) groups is 1. The van der Waals surface area contributed by atoms with Crippen molar-refractivity contribution in [1.29, 1.82) is 0 Å². The molecule has 3 aromatic rings. The number of rotatable bonds is 7. The molecule has 1 heterocycles. The summed E-state index contributed by atoms with van der Waals surface area (Å²) in [6, 6.07) is 12.1. The average molecular weight is 468 g/mol. The number of anilines is 1. The summed E-state index contributed by atoms with van der Waals surface area (Å²) in [5.74, 6) is -1.05. The zero-order valence-corrected chi connectivity index (χ0v) is 19.9. The second-order valence-electron chi connectivity index (χ2n) is 7.35. The number of hydrogen-bond acceptors (Lipinski definition) is 6. The molecule has 0 N–H and O–H groups in total. The van der Waals surface area contributed by atoms with E-state index < -0.39 is 21.5 Å². The molecule has 0 aliphatic carbocycles. The molecular formula is C21H26ClN3O3S2. The lowest BCUT2D eigenvalue weighted by Crippen LogP contribution is -2.40. The molecule has 0 bridgehead atoms. The predicted molar refractivity (Wildman–Crippen MR) is 126 cm³/mol.